The summed E-state index contributed by atoms with van der Waals surface area (Å²) in [4.78, 5) is 35.0. The summed E-state index contributed by atoms with van der Waals surface area (Å²) in [6, 6.07) is 0.566. The Morgan fingerprint density at radius 2 is 2.09 bits per heavy atom. The molecule has 3 heterocycles. The third-order valence-electron chi connectivity index (χ3n) is 5.65. The second-order valence-corrected chi connectivity index (χ2v) is 9.50. The molecule has 192 valence electrons. The first-order chi connectivity index (χ1) is 16.0. The molecule has 0 bridgehead atoms. The minimum atomic E-state index is -4.70. The van der Waals surface area contributed by atoms with E-state index in [4.69, 9.17) is 15.7 Å². The molecule has 2 aromatic heterocycles. The molecular formula is C19H24FN5O9S. The molecule has 1 atom stereocenters. The molecule has 0 aromatic carbocycles. The molecule has 1 unspecified atom stereocenters. The van der Waals surface area contributed by atoms with Crippen molar-refractivity contribution in [2.45, 2.75) is 24.6 Å². The topological polar surface area (TPSA) is 218 Å². The average molecular weight is 517 g/mol. The van der Waals surface area contributed by atoms with Crippen molar-refractivity contribution in [2.24, 2.45) is 16.8 Å². The Hall–Kier alpha value is -3.34. The van der Waals surface area contributed by atoms with Crippen molar-refractivity contribution in [3.05, 3.63) is 27.8 Å². The molecule has 1 aliphatic carbocycles. The average Bonchev–Trinajstić information content (AvgIpc) is 3.50. The molecule has 2 aliphatic rings. The summed E-state index contributed by atoms with van der Waals surface area (Å²) < 4.78 is 53.9. The SMILES string of the molecule is CON=C1CN(c2nc3c(cc2F)c(=O)c(OC(=O)O)c(CS(=O)(=O)O)n3C2CC2)CC1CN.O. The summed E-state index contributed by atoms with van der Waals surface area (Å²) in [5.74, 6) is -3.10. The molecule has 16 heteroatoms. The fraction of sp³-hybridized carbons (Fsp3) is 0.474. The number of hydrogen-bond acceptors (Lipinski definition) is 10. The third kappa shape index (κ3) is 5.19. The van der Waals surface area contributed by atoms with Gasteiger partial charge in [0.2, 0.25) is 11.2 Å². The van der Waals surface area contributed by atoms with Gasteiger partial charge in [0.25, 0.3) is 10.1 Å². The number of pyridine rings is 2. The van der Waals surface area contributed by atoms with E-state index in [0.717, 1.165) is 6.07 Å². The summed E-state index contributed by atoms with van der Waals surface area (Å²) in [6.07, 6.45) is -0.725. The van der Waals surface area contributed by atoms with Crippen LogP contribution in [0.1, 0.15) is 24.6 Å². The van der Waals surface area contributed by atoms with E-state index in [-0.39, 0.29) is 59.6 Å². The maximum atomic E-state index is 15.2. The van der Waals surface area contributed by atoms with Gasteiger partial charge in [-0.15, -0.1) is 0 Å². The predicted octanol–water partition coefficient (Wildman–Crippen LogP) is -0.112. The number of nitrogens with zero attached hydrogens (tertiary/aromatic N) is 4. The maximum Gasteiger partial charge on any atom is 0.511 e. The second kappa shape index (κ2) is 9.73. The first-order valence-corrected chi connectivity index (χ1v) is 11.8. The number of nitrogens with two attached hydrogens (primary N) is 1. The minimum absolute atomic E-state index is 0. The number of hydrogen-bond donors (Lipinski definition) is 3. The number of ether oxygens (including phenoxy) is 1. The quantitative estimate of drug-likeness (QED) is 0.250. The Morgan fingerprint density at radius 3 is 2.63 bits per heavy atom. The van der Waals surface area contributed by atoms with Gasteiger partial charge in [0.1, 0.15) is 18.5 Å². The van der Waals surface area contributed by atoms with Crippen molar-refractivity contribution in [3.63, 3.8) is 0 Å². The zero-order chi connectivity index (χ0) is 24.8. The van der Waals surface area contributed by atoms with Crippen molar-refractivity contribution in [2.75, 3.05) is 31.6 Å². The zero-order valence-electron chi connectivity index (χ0n) is 18.5. The number of carboxylic acid groups (broad SMARTS) is 1. The summed E-state index contributed by atoms with van der Waals surface area (Å²) >= 11 is 0. The molecular weight excluding hydrogens is 493 g/mol. The first kappa shape index (κ1) is 26.3. The van der Waals surface area contributed by atoms with Gasteiger partial charge in [-0.2, -0.15) is 8.42 Å². The van der Waals surface area contributed by atoms with E-state index < -0.39 is 39.0 Å². The monoisotopic (exact) mass is 517 g/mol. The Balaban J connectivity index is 0.00000342. The molecule has 14 nitrogen and oxygen atoms in total. The highest BCUT2D eigenvalue weighted by atomic mass is 32.2. The summed E-state index contributed by atoms with van der Waals surface area (Å²) in [7, 11) is -3.32. The summed E-state index contributed by atoms with van der Waals surface area (Å²) in [5, 5.41) is 12.7. The third-order valence-corrected chi connectivity index (χ3v) is 6.29. The van der Waals surface area contributed by atoms with Crippen LogP contribution in [0.3, 0.4) is 0 Å². The van der Waals surface area contributed by atoms with Gasteiger partial charge in [-0.1, -0.05) is 5.16 Å². The molecule has 35 heavy (non-hydrogen) atoms. The highest BCUT2D eigenvalue weighted by molar-refractivity contribution is 7.85. The molecule has 1 saturated heterocycles. The Kier molecular flexibility index (Phi) is 7.30. The number of rotatable bonds is 7. The maximum absolute atomic E-state index is 15.2. The lowest BCUT2D eigenvalue weighted by Crippen LogP contribution is -2.27. The molecule has 1 saturated carbocycles. The standard InChI is InChI=1S/C19H22FN5O8S.H2O/c1-32-23-13-7-24(6-9(13)5-21)18-12(20)4-11-15(26)16(33-19(27)28)14(8-34(29,30)31)25(10-2-3-10)17(11)22-18;/h4,9-10H,2-3,5-8,21H2,1H3,(H,27,28)(H,29,30,31);1H2. The number of fused-ring (bicyclic) bond motifs is 1. The van der Waals surface area contributed by atoms with Crippen LogP contribution in [-0.4, -0.2) is 71.7 Å². The Labute approximate surface area is 197 Å². The van der Waals surface area contributed by atoms with Gasteiger partial charge in [0, 0.05) is 25.0 Å². The van der Waals surface area contributed by atoms with Gasteiger partial charge in [0.05, 0.1) is 23.3 Å². The predicted molar refractivity (Wildman–Crippen MR) is 121 cm³/mol. The van der Waals surface area contributed by atoms with E-state index >= 15 is 4.39 Å². The molecule has 0 spiro atoms. The molecule has 1 aliphatic heterocycles. The van der Waals surface area contributed by atoms with Crippen LogP contribution in [0.5, 0.6) is 5.75 Å². The lowest BCUT2D eigenvalue weighted by molar-refractivity contribution is 0.143. The van der Waals surface area contributed by atoms with E-state index in [2.05, 4.69) is 14.9 Å². The summed E-state index contributed by atoms with van der Waals surface area (Å²) in [6.45, 7) is 0.672. The van der Waals surface area contributed by atoms with Crippen LogP contribution in [0.15, 0.2) is 16.0 Å². The fourth-order valence-corrected chi connectivity index (χ4v) is 4.73. The highest BCUT2D eigenvalue weighted by Gasteiger charge is 2.35. The van der Waals surface area contributed by atoms with Crippen LogP contribution in [0.25, 0.3) is 11.0 Å². The van der Waals surface area contributed by atoms with Crippen LogP contribution >= 0.6 is 0 Å². The van der Waals surface area contributed by atoms with E-state index in [1.807, 2.05) is 0 Å². The Bertz CT molecular complexity index is 1360. The number of anilines is 1. The van der Waals surface area contributed by atoms with Gasteiger partial charge in [0.15, 0.2) is 11.6 Å². The normalized spacial score (nSPS) is 19.1. The number of halogens is 1. The largest absolute Gasteiger partial charge is 0.511 e. The van der Waals surface area contributed by atoms with Crippen LogP contribution in [0, 0.1) is 11.7 Å². The lowest BCUT2D eigenvalue weighted by Gasteiger charge is -2.21. The first-order valence-electron chi connectivity index (χ1n) is 10.2. The van der Waals surface area contributed by atoms with Crippen LogP contribution < -0.4 is 20.8 Å². The van der Waals surface area contributed by atoms with E-state index in [0.29, 0.717) is 18.6 Å². The van der Waals surface area contributed by atoms with Crippen LogP contribution in [0.4, 0.5) is 15.0 Å². The second-order valence-electron chi connectivity index (χ2n) is 8.04. The molecule has 4 rings (SSSR count). The van der Waals surface area contributed by atoms with Crippen LogP contribution in [0.2, 0.25) is 0 Å². The van der Waals surface area contributed by atoms with Crippen molar-refractivity contribution in [1.29, 1.82) is 0 Å². The van der Waals surface area contributed by atoms with Crippen molar-refractivity contribution >= 4 is 38.8 Å². The zero-order valence-corrected chi connectivity index (χ0v) is 19.3. The minimum Gasteiger partial charge on any atom is -0.449 e. The molecule has 0 radical (unpaired) electrons. The van der Waals surface area contributed by atoms with E-state index in [9.17, 15) is 22.6 Å². The lowest BCUT2D eigenvalue weighted by atomic mass is 10.1. The number of carbonyl (C=O) groups is 1. The molecule has 2 aromatic rings. The van der Waals surface area contributed by atoms with Gasteiger partial charge in [-0.25, -0.2) is 14.2 Å². The van der Waals surface area contributed by atoms with E-state index in [1.54, 1.807) is 4.90 Å². The van der Waals surface area contributed by atoms with Gasteiger partial charge >= 0.3 is 6.16 Å². The van der Waals surface area contributed by atoms with Crippen LogP contribution in [-0.2, 0) is 20.7 Å². The van der Waals surface area contributed by atoms with Gasteiger partial charge in [-0.3, -0.25) is 9.35 Å². The smallest absolute Gasteiger partial charge is 0.449 e. The number of aromatic nitrogens is 2. The Morgan fingerprint density at radius 1 is 1.40 bits per heavy atom. The van der Waals surface area contributed by atoms with Gasteiger partial charge < -0.3 is 35.4 Å². The highest BCUT2D eigenvalue weighted by Crippen LogP contribution is 2.40. The van der Waals surface area contributed by atoms with Crippen molar-refractivity contribution in [3.8, 4) is 5.75 Å². The fourth-order valence-electron chi connectivity index (χ4n) is 4.11. The molecule has 0 amide bonds. The summed E-state index contributed by atoms with van der Waals surface area (Å²) in [5.41, 5.74) is 4.88. The molecule has 6 N–H and O–H groups in total. The molecule has 2 fully saturated rings. The van der Waals surface area contributed by atoms with Gasteiger partial charge in [-0.05, 0) is 18.9 Å². The van der Waals surface area contributed by atoms with Crippen molar-refractivity contribution < 1.29 is 42.3 Å². The van der Waals surface area contributed by atoms with Crippen molar-refractivity contribution in [1.82, 2.24) is 9.55 Å². The number of oxime groups is 1. The van der Waals surface area contributed by atoms with E-state index in [1.165, 1.54) is 11.7 Å².